The van der Waals surface area contributed by atoms with Gasteiger partial charge >= 0.3 is 0 Å². The Hall–Kier alpha value is -3.72. The summed E-state index contributed by atoms with van der Waals surface area (Å²) in [5.74, 6) is -0.0534. The Kier molecular flexibility index (Phi) is 6.41. The lowest BCUT2D eigenvalue weighted by molar-refractivity contribution is -0.140. The van der Waals surface area contributed by atoms with Crippen molar-refractivity contribution in [1.29, 1.82) is 0 Å². The molecule has 1 N–H and O–H groups in total. The molecule has 0 radical (unpaired) electrons. The monoisotopic (exact) mass is 455 g/mol. The van der Waals surface area contributed by atoms with Gasteiger partial charge in [0.15, 0.2) is 23.0 Å². The Morgan fingerprint density at radius 1 is 1.06 bits per heavy atom. The number of aliphatic hydroxyl groups is 1. The van der Waals surface area contributed by atoms with Crippen molar-refractivity contribution in [2.24, 2.45) is 0 Å². The second-order valence-corrected chi connectivity index (χ2v) is 7.43. The van der Waals surface area contributed by atoms with Crippen LogP contribution in [-0.2, 0) is 14.3 Å². The number of aliphatic hydroxyl groups excluding tert-OH is 1. The van der Waals surface area contributed by atoms with Crippen LogP contribution in [0.4, 0.5) is 0 Å². The predicted octanol–water partition coefficient (Wildman–Crippen LogP) is 2.54. The SMILES string of the molecule is COCCN1C(=O)C(=O)C(=C(O)c2ccc3c(c2)OCCO3)[C@@H]1c1cccc(OC)c1OC. The fourth-order valence-corrected chi connectivity index (χ4v) is 4.10. The molecule has 0 bridgehead atoms. The summed E-state index contributed by atoms with van der Waals surface area (Å²) in [4.78, 5) is 27.5. The second kappa shape index (κ2) is 9.41. The van der Waals surface area contributed by atoms with Gasteiger partial charge in [0.25, 0.3) is 11.7 Å². The van der Waals surface area contributed by atoms with Crippen molar-refractivity contribution in [3.63, 3.8) is 0 Å². The van der Waals surface area contributed by atoms with Crippen LogP contribution in [0.1, 0.15) is 17.2 Å². The number of para-hydroxylation sites is 1. The molecule has 1 fully saturated rings. The lowest BCUT2D eigenvalue weighted by Gasteiger charge is -2.27. The zero-order valence-corrected chi connectivity index (χ0v) is 18.6. The molecule has 1 amide bonds. The van der Waals surface area contributed by atoms with Crippen LogP contribution in [0.15, 0.2) is 42.0 Å². The van der Waals surface area contributed by atoms with Gasteiger partial charge in [-0.05, 0) is 24.3 Å². The van der Waals surface area contributed by atoms with Crippen LogP contribution in [0.2, 0.25) is 0 Å². The summed E-state index contributed by atoms with van der Waals surface area (Å²) in [5, 5.41) is 11.3. The third-order valence-electron chi connectivity index (χ3n) is 5.62. The van der Waals surface area contributed by atoms with Crippen molar-refractivity contribution in [3.05, 3.63) is 53.1 Å². The number of carbonyl (C=O) groups excluding carboxylic acids is 2. The summed E-state index contributed by atoms with van der Waals surface area (Å²) >= 11 is 0. The molecule has 0 saturated carbocycles. The predicted molar refractivity (Wildman–Crippen MR) is 118 cm³/mol. The maximum Gasteiger partial charge on any atom is 0.295 e. The van der Waals surface area contributed by atoms with E-state index in [9.17, 15) is 14.7 Å². The largest absolute Gasteiger partial charge is 0.507 e. The minimum atomic E-state index is -0.904. The minimum absolute atomic E-state index is 0.0562. The van der Waals surface area contributed by atoms with Gasteiger partial charge in [0.1, 0.15) is 19.0 Å². The van der Waals surface area contributed by atoms with Crippen LogP contribution in [-0.4, -0.2) is 69.4 Å². The molecule has 0 aliphatic carbocycles. The van der Waals surface area contributed by atoms with Crippen molar-refractivity contribution in [2.75, 3.05) is 47.7 Å². The van der Waals surface area contributed by atoms with E-state index in [2.05, 4.69) is 0 Å². The highest BCUT2D eigenvalue weighted by atomic mass is 16.6. The number of methoxy groups -OCH3 is 3. The van der Waals surface area contributed by atoms with E-state index in [4.69, 9.17) is 23.7 Å². The van der Waals surface area contributed by atoms with Gasteiger partial charge in [0.05, 0.1) is 32.4 Å². The van der Waals surface area contributed by atoms with Gasteiger partial charge < -0.3 is 33.7 Å². The fourth-order valence-electron chi connectivity index (χ4n) is 4.10. The molecule has 9 heteroatoms. The van der Waals surface area contributed by atoms with Crippen molar-refractivity contribution >= 4 is 17.4 Å². The molecule has 174 valence electrons. The molecule has 0 spiro atoms. The van der Waals surface area contributed by atoms with Crippen LogP contribution in [0.25, 0.3) is 5.76 Å². The molecule has 2 heterocycles. The van der Waals surface area contributed by atoms with Gasteiger partial charge in [-0.1, -0.05) is 12.1 Å². The van der Waals surface area contributed by atoms with Gasteiger partial charge in [0.2, 0.25) is 0 Å². The van der Waals surface area contributed by atoms with Crippen molar-refractivity contribution < 1.29 is 38.4 Å². The highest BCUT2D eigenvalue weighted by Crippen LogP contribution is 2.46. The smallest absolute Gasteiger partial charge is 0.295 e. The second-order valence-electron chi connectivity index (χ2n) is 7.43. The van der Waals surface area contributed by atoms with Gasteiger partial charge in [-0.15, -0.1) is 0 Å². The first-order valence-corrected chi connectivity index (χ1v) is 10.4. The third-order valence-corrected chi connectivity index (χ3v) is 5.62. The zero-order valence-electron chi connectivity index (χ0n) is 18.6. The topological polar surface area (TPSA) is 104 Å². The van der Waals surface area contributed by atoms with E-state index < -0.39 is 17.7 Å². The average molecular weight is 455 g/mol. The maximum absolute atomic E-state index is 13.1. The average Bonchev–Trinajstić information content (AvgIpc) is 3.10. The van der Waals surface area contributed by atoms with E-state index in [1.165, 1.54) is 26.2 Å². The molecule has 2 aromatic rings. The van der Waals surface area contributed by atoms with Crippen LogP contribution in [0.3, 0.4) is 0 Å². The molecule has 33 heavy (non-hydrogen) atoms. The van der Waals surface area contributed by atoms with Crippen LogP contribution in [0.5, 0.6) is 23.0 Å². The third kappa shape index (κ3) is 3.95. The zero-order chi connectivity index (χ0) is 23.5. The summed E-state index contributed by atoms with van der Waals surface area (Å²) in [7, 11) is 4.48. The van der Waals surface area contributed by atoms with E-state index in [0.717, 1.165) is 0 Å². The summed E-state index contributed by atoms with van der Waals surface area (Å²) < 4.78 is 27.2. The number of ketones is 1. The summed E-state index contributed by atoms with van der Waals surface area (Å²) in [6.45, 7) is 1.15. The number of hydrogen-bond acceptors (Lipinski definition) is 8. The first kappa shape index (κ1) is 22.5. The minimum Gasteiger partial charge on any atom is -0.507 e. The maximum atomic E-state index is 13.1. The molecule has 1 saturated heterocycles. The van der Waals surface area contributed by atoms with Gasteiger partial charge in [-0.2, -0.15) is 0 Å². The van der Waals surface area contributed by atoms with E-state index in [-0.39, 0.29) is 24.5 Å². The van der Waals surface area contributed by atoms with Crippen LogP contribution in [0, 0.1) is 0 Å². The van der Waals surface area contributed by atoms with E-state index >= 15 is 0 Å². The number of rotatable bonds is 7. The van der Waals surface area contributed by atoms with Gasteiger partial charge in [-0.3, -0.25) is 9.59 Å². The number of nitrogens with zero attached hydrogens (tertiary/aromatic N) is 1. The molecular formula is C24H25NO8. The van der Waals surface area contributed by atoms with Gasteiger partial charge in [0, 0.05) is 24.8 Å². The quantitative estimate of drug-likeness (QED) is 0.386. The molecular weight excluding hydrogens is 430 g/mol. The van der Waals surface area contributed by atoms with Crippen molar-refractivity contribution in [3.8, 4) is 23.0 Å². The Labute approximate surface area is 191 Å². The number of ether oxygens (including phenoxy) is 5. The lowest BCUT2D eigenvalue weighted by Crippen LogP contribution is -2.32. The lowest BCUT2D eigenvalue weighted by atomic mass is 9.94. The molecule has 1 atom stereocenters. The number of Topliss-reactive ketones (excluding diaryl/α,β-unsaturated/α-hetero) is 1. The van der Waals surface area contributed by atoms with E-state index in [0.29, 0.717) is 47.3 Å². The van der Waals surface area contributed by atoms with E-state index in [1.54, 1.807) is 36.4 Å². The number of carbonyl (C=O) groups is 2. The molecule has 2 aliphatic rings. The number of benzene rings is 2. The fraction of sp³-hybridized carbons (Fsp3) is 0.333. The standard InChI is InChI=1S/C24H25NO8/c1-29-10-9-25-20(15-5-4-6-17(30-2)23(15)31-3)19(22(27)24(25)28)21(26)14-7-8-16-18(13-14)33-12-11-32-16/h4-8,13,20,26H,9-12H2,1-3H3/t20-/m0/s1. The van der Waals surface area contributed by atoms with Crippen molar-refractivity contribution in [2.45, 2.75) is 6.04 Å². The molecule has 0 aromatic heterocycles. The summed E-state index contributed by atoms with van der Waals surface area (Å²) in [6, 6.07) is 9.14. The number of amides is 1. The first-order chi connectivity index (χ1) is 16.0. The number of hydrogen-bond donors (Lipinski definition) is 1. The first-order valence-electron chi connectivity index (χ1n) is 10.4. The van der Waals surface area contributed by atoms with E-state index in [1.807, 2.05) is 0 Å². The summed E-state index contributed by atoms with van der Waals surface area (Å²) in [6.07, 6.45) is 0. The highest BCUT2D eigenvalue weighted by Gasteiger charge is 2.47. The highest BCUT2D eigenvalue weighted by molar-refractivity contribution is 6.46. The molecule has 9 nitrogen and oxygen atoms in total. The Morgan fingerprint density at radius 3 is 2.52 bits per heavy atom. The van der Waals surface area contributed by atoms with Gasteiger partial charge in [-0.25, -0.2) is 0 Å². The molecule has 4 rings (SSSR count). The number of fused-ring (bicyclic) bond motifs is 1. The van der Waals surface area contributed by atoms with Crippen LogP contribution < -0.4 is 18.9 Å². The Morgan fingerprint density at radius 2 is 1.82 bits per heavy atom. The van der Waals surface area contributed by atoms with Crippen molar-refractivity contribution in [1.82, 2.24) is 4.90 Å². The Balaban J connectivity index is 1.90. The molecule has 0 unspecified atom stereocenters. The molecule has 2 aliphatic heterocycles. The molecule has 2 aromatic carbocycles. The number of likely N-dealkylation sites (tertiary alicyclic amines) is 1. The summed E-state index contributed by atoms with van der Waals surface area (Å²) in [5.41, 5.74) is 0.779. The normalized spacial score (nSPS) is 19.0. The Bertz CT molecular complexity index is 1110. The van der Waals surface area contributed by atoms with Crippen LogP contribution >= 0.6 is 0 Å².